The molecule has 0 bridgehead atoms. The normalized spacial score (nSPS) is 16.5. The van der Waals surface area contributed by atoms with Crippen LogP contribution in [-0.4, -0.2) is 36.8 Å². The van der Waals surface area contributed by atoms with Crippen molar-refractivity contribution in [2.75, 3.05) is 25.7 Å². The molecule has 144 valence electrons. The average Bonchev–Trinajstić information content (AvgIpc) is 3.35. The molecule has 1 aromatic heterocycles. The second kappa shape index (κ2) is 7.30. The lowest BCUT2D eigenvalue weighted by Gasteiger charge is -2.16. The molecule has 3 aromatic rings. The molecular weight excluding hydrogens is 365 g/mol. The van der Waals surface area contributed by atoms with Gasteiger partial charge in [-0.2, -0.15) is 4.98 Å². The van der Waals surface area contributed by atoms with E-state index < -0.39 is 5.82 Å². The molecule has 2 aromatic carbocycles. The summed E-state index contributed by atoms with van der Waals surface area (Å²) in [5.41, 5.74) is 1.26. The van der Waals surface area contributed by atoms with Crippen molar-refractivity contribution in [2.45, 2.75) is 12.3 Å². The topological polar surface area (TPSA) is 77.7 Å². The second-order valence-electron chi connectivity index (χ2n) is 6.41. The molecule has 1 aliphatic rings. The van der Waals surface area contributed by atoms with E-state index in [9.17, 15) is 9.18 Å². The zero-order valence-electron chi connectivity index (χ0n) is 15.4. The molecular formula is C20H18FN3O4. The van der Waals surface area contributed by atoms with Crippen molar-refractivity contribution in [3.63, 3.8) is 0 Å². The van der Waals surface area contributed by atoms with Crippen LogP contribution in [0.3, 0.4) is 0 Å². The van der Waals surface area contributed by atoms with Gasteiger partial charge in [0.25, 0.3) is 0 Å². The van der Waals surface area contributed by atoms with E-state index in [4.69, 9.17) is 14.0 Å². The molecule has 2 heterocycles. The van der Waals surface area contributed by atoms with E-state index in [-0.39, 0.29) is 29.8 Å². The lowest BCUT2D eigenvalue weighted by atomic mass is 10.1. The van der Waals surface area contributed by atoms with Crippen molar-refractivity contribution < 1.29 is 23.2 Å². The molecule has 1 aliphatic heterocycles. The van der Waals surface area contributed by atoms with Crippen LogP contribution in [0.4, 0.5) is 10.1 Å². The van der Waals surface area contributed by atoms with Gasteiger partial charge in [-0.15, -0.1) is 0 Å². The highest BCUT2D eigenvalue weighted by Crippen LogP contribution is 2.33. The van der Waals surface area contributed by atoms with Gasteiger partial charge in [-0.25, -0.2) is 4.39 Å². The number of amides is 1. The van der Waals surface area contributed by atoms with E-state index in [1.165, 1.54) is 19.2 Å². The zero-order valence-corrected chi connectivity index (χ0v) is 15.4. The number of nitrogens with zero attached hydrogens (tertiary/aromatic N) is 3. The number of aromatic nitrogens is 2. The monoisotopic (exact) mass is 383 g/mol. The van der Waals surface area contributed by atoms with Crippen molar-refractivity contribution in [3.05, 3.63) is 54.2 Å². The first-order chi connectivity index (χ1) is 13.6. The van der Waals surface area contributed by atoms with Crippen LogP contribution in [0.2, 0.25) is 0 Å². The number of halogens is 1. The van der Waals surface area contributed by atoms with E-state index in [1.54, 1.807) is 30.2 Å². The summed E-state index contributed by atoms with van der Waals surface area (Å²) < 4.78 is 29.3. The third-order valence-corrected chi connectivity index (χ3v) is 4.71. The molecule has 1 saturated heterocycles. The van der Waals surface area contributed by atoms with Crippen molar-refractivity contribution in [3.8, 4) is 22.9 Å². The Morgan fingerprint density at radius 3 is 2.61 bits per heavy atom. The smallest absolute Gasteiger partial charge is 0.232 e. The quantitative estimate of drug-likeness (QED) is 0.672. The minimum absolute atomic E-state index is 0.0228. The van der Waals surface area contributed by atoms with Crippen LogP contribution in [0.15, 0.2) is 47.0 Å². The minimum atomic E-state index is -0.506. The molecule has 28 heavy (non-hydrogen) atoms. The summed E-state index contributed by atoms with van der Waals surface area (Å²) in [7, 11) is 2.99. The third kappa shape index (κ3) is 3.28. The van der Waals surface area contributed by atoms with Crippen LogP contribution in [0.25, 0.3) is 11.4 Å². The predicted octanol–water partition coefficient (Wildman–Crippen LogP) is 3.41. The molecule has 4 rings (SSSR count). The van der Waals surface area contributed by atoms with Crippen LogP contribution in [0, 0.1) is 5.82 Å². The van der Waals surface area contributed by atoms with Gasteiger partial charge >= 0.3 is 0 Å². The first-order valence-corrected chi connectivity index (χ1v) is 8.71. The number of rotatable bonds is 5. The Morgan fingerprint density at radius 1 is 1.14 bits per heavy atom. The van der Waals surface area contributed by atoms with E-state index in [0.29, 0.717) is 18.0 Å². The second-order valence-corrected chi connectivity index (χ2v) is 6.41. The van der Waals surface area contributed by atoms with E-state index >= 15 is 0 Å². The van der Waals surface area contributed by atoms with Gasteiger partial charge in [0, 0.05) is 24.2 Å². The molecule has 7 nitrogen and oxygen atoms in total. The number of benzene rings is 2. The molecule has 8 heteroatoms. The number of anilines is 1. The highest BCUT2D eigenvalue weighted by molar-refractivity contribution is 5.96. The number of hydrogen-bond donors (Lipinski definition) is 0. The SMILES string of the molecule is COc1ccc(N2CC(c3nc(-c4ccc(OC)c(F)c4)no3)CC2=O)cc1. The highest BCUT2D eigenvalue weighted by Gasteiger charge is 2.35. The van der Waals surface area contributed by atoms with Crippen LogP contribution in [0.5, 0.6) is 11.5 Å². The van der Waals surface area contributed by atoms with Gasteiger partial charge in [0.05, 0.1) is 20.1 Å². The third-order valence-electron chi connectivity index (χ3n) is 4.71. The van der Waals surface area contributed by atoms with Crippen molar-refractivity contribution >= 4 is 11.6 Å². The fourth-order valence-corrected chi connectivity index (χ4v) is 3.21. The lowest BCUT2D eigenvalue weighted by Crippen LogP contribution is -2.24. The summed E-state index contributed by atoms with van der Waals surface area (Å²) >= 11 is 0. The minimum Gasteiger partial charge on any atom is -0.497 e. The molecule has 0 N–H and O–H groups in total. The van der Waals surface area contributed by atoms with E-state index in [2.05, 4.69) is 10.1 Å². The number of ether oxygens (including phenoxy) is 2. The summed E-state index contributed by atoms with van der Waals surface area (Å²) in [6.07, 6.45) is 0.268. The van der Waals surface area contributed by atoms with Crippen LogP contribution in [0.1, 0.15) is 18.2 Å². The van der Waals surface area contributed by atoms with Crippen molar-refractivity contribution in [1.82, 2.24) is 10.1 Å². The Labute approximate surface area is 160 Å². The summed E-state index contributed by atoms with van der Waals surface area (Å²) in [5, 5.41) is 3.93. The standard InChI is InChI=1S/C20H18FN3O4/c1-26-15-6-4-14(5-7-15)24-11-13(10-18(24)25)20-22-19(23-28-20)12-3-8-17(27-2)16(21)9-12/h3-9,13H,10-11H2,1-2H3. The number of carbonyl (C=O) groups is 1. The average molecular weight is 383 g/mol. The fourth-order valence-electron chi connectivity index (χ4n) is 3.21. The van der Waals surface area contributed by atoms with Gasteiger partial charge in [0.2, 0.25) is 17.6 Å². The number of methoxy groups -OCH3 is 2. The number of hydrogen-bond acceptors (Lipinski definition) is 6. The van der Waals surface area contributed by atoms with Gasteiger partial charge in [-0.3, -0.25) is 4.79 Å². The molecule has 0 spiro atoms. The zero-order chi connectivity index (χ0) is 19.7. The van der Waals surface area contributed by atoms with Gasteiger partial charge < -0.3 is 18.9 Å². The first kappa shape index (κ1) is 18.0. The van der Waals surface area contributed by atoms with Crippen molar-refractivity contribution in [1.29, 1.82) is 0 Å². The Balaban J connectivity index is 1.52. The maximum absolute atomic E-state index is 13.9. The maximum atomic E-state index is 13.9. The van der Waals surface area contributed by atoms with E-state index in [0.717, 1.165) is 11.4 Å². The van der Waals surface area contributed by atoms with Crippen LogP contribution in [-0.2, 0) is 4.79 Å². The molecule has 0 saturated carbocycles. The summed E-state index contributed by atoms with van der Waals surface area (Å²) in [6, 6.07) is 11.7. The van der Waals surface area contributed by atoms with Gasteiger partial charge in [-0.1, -0.05) is 5.16 Å². The van der Waals surface area contributed by atoms with Crippen LogP contribution < -0.4 is 14.4 Å². The summed E-state index contributed by atoms with van der Waals surface area (Å²) in [4.78, 5) is 18.5. The van der Waals surface area contributed by atoms with Gasteiger partial charge in [0.1, 0.15) is 5.75 Å². The summed E-state index contributed by atoms with van der Waals surface area (Å²) in [6.45, 7) is 0.434. The molecule has 0 aliphatic carbocycles. The Morgan fingerprint density at radius 2 is 1.93 bits per heavy atom. The van der Waals surface area contributed by atoms with Crippen molar-refractivity contribution in [2.24, 2.45) is 0 Å². The highest BCUT2D eigenvalue weighted by atomic mass is 19.1. The Kier molecular flexibility index (Phi) is 4.68. The molecule has 1 unspecified atom stereocenters. The maximum Gasteiger partial charge on any atom is 0.232 e. The van der Waals surface area contributed by atoms with Gasteiger partial charge in [0.15, 0.2) is 11.6 Å². The molecule has 1 amide bonds. The Hall–Kier alpha value is -3.42. The van der Waals surface area contributed by atoms with Crippen LogP contribution >= 0.6 is 0 Å². The first-order valence-electron chi connectivity index (χ1n) is 8.71. The Bertz CT molecular complexity index is 1000. The molecule has 1 atom stereocenters. The van der Waals surface area contributed by atoms with E-state index in [1.807, 2.05) is 12.1 Å². The molecule has 0 radical (unpaired) electrons. The largest absolute Gasteiger partial charge is 0.497 e. The molecule has 1 fully saturated rings. The fraction of sp³-hybridized carbons (Fsp3) is 0.250. The lowest BCUT2D eigenvalue weighted by molar-refractivity contribution is -0.117. The van der Waals surface area contributed by atoms with Gasteiger partial charge in [-0.05, 0) is 42.5 Å². The predicted molar refractivity (Wildman–Crippen MR) is 98.9 cm³/mol. The number of carbonyl (C=O) groups excluding carboxylic acids is 1. The summed E-state index contributed by atoms with van der Waals surface area (Å²) in [5.74, 6) is 0.740.